The lowest BCUT2D eigenvalue weighted by molar-refractivity contribution is 0.295. The molecule has 2 N–H and O–H groups in total. The summed E-state index contributed by atoms with van der Waals surface area (Å²) in [5, 5.41) is 9.42. The molecule has 36 heavy (non-hydrogen) atoms. The van der Waals surface area contributed by atoms with Crippen molar-refractivity contribution in [3.63, 3.8) is 0 Å². The molecule has 0 aliphatic heterocycles. The van der Waals surface area contributed by atoms with Gasteiger partial charge >= 0.3 is 11.3 Å². The van der Waals surface area contributed by atoms with Gasteiger partial charge in [0.05, 0.1) is 6.61 Å². The fourth-order valence-electron chi connectivity index (χ4n) is 4.95. The van der Waals surface area contributed by atoms with Crippen molar-refractivity contribution >= 4 is 17.0 Å². The number of hydrogen-bond acceptors (Lipinski definition) is 4. The van der Waals surface area contributed by atoms with E-state index in [9.17, 15) is 9.32 Å². The first-order chi connectivity index (χ1) is 17.7. The standard InChI is InChI=1S/C30H45NO4S/c1-2-3-4-5-6-7-8-9-10-14-23-34-30-22-21-28(24-29(30)25-15-12-11-13-16-25)35-36(33)31-26-17-19-27(32)20-18-26/h17-22,24-25,31-32H,2-16,23H2,1H3. The first-order valence-electron chi connectivity index (χ1n) is 14.1. The van der Waals surface area contributed by atoms with E-state index in [0.717, 1.165) is 31.6 Å². The van der Waals surface area contributed by atoms with Gasteiger partial charge in [0.1, 0.15) is 17.2 Å². The molecule has 0 radical (unpaired) electrons. The number of phenols is 1. The summed E-state index contributed by atoms with van der Waals surface area (Å²) in [7, 11) is 0. The zero-order chi connectivity index (χ0) is 25.4. The maximum atomic E-state index is 12.5. The van der Waals surface area contributed by atoms with Gasteiger partial charge in [-0.05, 0) is 67.6 Å². The Hall–Kier alpha value is -2.21. The van der Waals surface area contributed by atoms with Crippen LogP contribution in [0.4, 0.5) is 5.69 Å². The highest BCUT2D eigenvalue weighted by Crippen LogP contribution is 2.39. The van der Waals surface area contributed by atoms with Crippen LogP contribution in [0, 0.1) is 0 Å². The molecule has 1 aliphatic carbocycles. The number of unbranched alkanes of at least 4 members (excludes halogenated alkanes) is 9. The quantitative estimate of drug-likeness (QED) is 0.163. The lowest BCUT2D eigenvalue weighted by Gasteiger charge is -2.24. The molecule has 1 unspecified atom stereocenters. The maximum absolute atomic E-state index is 12.5. The second-order valence-corrected chi connectivity index (χ2v) is 10.9. The van der Waals surface area contributed by atoms with Crippen molar-refractivity contribution in [2.75, 3.05) is 11.3 Å². The van der Waals surface area contributed by atoms with Crippen molar-refractivity contribution in [1.82, 2.24) is 0 Å². The largest absolute Gasteiger partial charge is 0.508 e. The molecule has 0 bridgehead atoms. The van der Waals surface area contributed by atoms with E-state index in [-0.39, 0.29) is 5.75 Å². The van der Waals surface area contributed by atoms with E-state index in [4.69, 9.17) is 8.92 Å². The molecular weight excluding hydrogens is 470 g/mol. The molecule has 6 heteroatoms. The van der Waals surface area contributed by atoms with E-state index in [1.807, 2.05) is 18.2 Å². The predicted molar refractivity (Wildman–Crippen MR) is 150 cm³/mol. The second kappa shape index (κ2) is 16.5. The van der Waals surface area contributed by atoms with E-state index in [1.165, 1.54) is 82.6 Å². The fraction of sp³-hybridized carbons (Fsp3) is 0.600. The zero-order valence-electron chi connectivity index (χ0n) is 22.0. The Morgan fingerprint density at radius 1 is 0.861 bits per heavy atom. The summed E-state index contributed by atoms with van der Waals surface area (Å²) in [6.45, 7) is 3.01. The van der Waals surface area contributed by atoms with Crippen LogP contribution in [0.15, 0.2) is 42.5 Å². The third-order valence-electron chi connectivity index (χ3n) is 7.02. The average Bonchev–Trinajstić information content (AvgIpc) is 2.89. The second-order valence-electron chi connectivity index (χ2n) is 10.0. The summed E-state index contributed by atoms with van der Waals surface area (Å²) in [4.78, 5) is 0. The molecule has 3 rings (SSSR count). The minimum atomic E-state index is -1.73. The molecule has 1 fully saturated rings. The third-order valence-corrected chi connectivity index (χ3v) is 7.77. The van der Waals surface area contributed by atoms with Gasteiger partial charge in [-0.1, -0.05) is 84.0 Å². The smallest absolute Gasteiger partial charge is 0.316 e. The lowest BCUT2D eigenvalue weighted by Crippen LogP contribution is -2.12. The van der Waals surface area contributed by atoms with Gasteiger partial charge in [-0.25, -0.2) is 0 Å². The minimum Gasteiger partial charge on any atom is -0.508 e. The van der Waals surface area contributed by atoms with E-state index < -0.39 is 11.3 Å². The molecule has 2 aromatic carbocycles. The number of nitrogens with one attached hydrogen (secondary N) is 1. The fourth-order valence-corrected chi connectivity index (χ4v) is 5.60. The van der Waals surface area contributed by atoms with E-state index in [0.29, 0.717) is 17.4 Å². The minimum absolute atomic E-state index is 0.165. The molecule has 200 valence electrons. The van der Waals surface area contributed by atoms with Gasteiger partial charge in [-0.15, -0.1) is 0 Å². The van der Waals surface area contributed by atoms with Crippen LogP contribution in [0.1, 0.15) is 115 Å². The molecule has 0 spiro atoms. The molecule has 1 saturated carbocycles. The van der Waals surface area contributed by atoms with Gasteiger partial charge in [0.25, 0.3) is 0 Å². The Balaban J connectivity index is 1.47. The summed E-state index contributed by atoms with van der Waals surface area (Å²) in [6.07, 6.45) is 19.2. The van der Waals surface area contributed by atoms with Crippen LogP contribution < -0.4 is 13.6 Å². The molecule has 0 saturated heterocycles. The summed E-state index contributed by atoms with van der Waals surface area (Å²) in [6, 6.07) is 12.2. The van der Waals surface area contributed by atoms with Gasteiger partial charge in [-0.2, -0.15) is 4.21 Å². The maximum Gasteiger partial charge on any atom is 0.316 e. The molecular formula is C30H45NO4S. The van der Waals surface area contributed by atoms with Crippen molar-refractivity contribution < 1.29 is 18.2 Å². The molecule has 0 heterocycles. The van der Waals surface area contributed by atoms with Crippen molar-refractivity contribution in [3.8, 4) is 17.2 Å². The van der Waals surface area contributed by atoms with Gasteiger partial charge in [0.15, 0.2) is 0 Å². The highest BCUT2D eigenvalue weighted by Gasteiger charge is 2.21. The summed E-state index contributed by atoms with van der Waals surface area (Å²) < 4.78 is 27.3. The van der Waals surface area contributed by atoms with Crippen molar-refractivity contribution in [1.29, 1.82) is 0 Å². The van der Waals surface area contributed by atoms with Crippen LogP contribution in [0.5, 0.6) is 17.2 Å². The Morgan fingerprint density at radius 2 is 1.50 bits per heavy atom. The van der Waals surface area contributed by atoms with Gasteiger partial charge in [0, 0.05) is 11.3 Å². The highest BCUT2D eigenvalue weighted by molar-refractivity contribution is 7.81. The Kier molecular flexibility index (Phi) is 13.0. The summed E-state index contributed by atoms with van der Waals surface area (Å²) >= 11 is -1.73. The van der Waals surface area contributed by atoms with E-state index >= 15 is 0 Å². The van der Waals surface area contributed by atoms with Crippen molar-refractivity contribution in [3.05, 3.63) is 48.0 Å². The van der Waals surface area contributed by atoms with Crippen molar-refractivity contribution in [2.24, 2.45) is 0 Å². The number of benzene rings is 2. The number of rotatable bonds is 17. The van der Waals surface area contributed by atoms with E-state index in [1.54, 1.807) is 24.3 Å². The first kappa shape index (κ1) is 28.4. The number of phenolic OH excluding ortho intramolecular Hbond substituents is 1. The Labute approximate surface area is 220 Å². The van der Waals surface area contributed by atoms with Gasteiger partial charge in [-0.3, -0.25) is 4.72 Å². The highest BCUT2D eigenvalue weighted by atomic mass is 32.2. The number of aromatic hydroxyl groups is 1. The van der Waals surface area contributed by atoms with Crippen LogP contribution in [-0.4, -0.2) is 15.9 Å². The predicted octanol–water partition coefficient (Wildman–Crippen LogP) is 8.81. The van der Waals surface area contributed by atoms with Crippen LogP contribution in [-0.2, 0) is 11.3 Å². The summed E-state index contributed by atoms with van der Waals surface area (Å²) in [5.41, 5.74) is 1.80. The number of ether oxygens (including phenoxy) is 1. The van der Waals surface area contributed by atoms with Gasteiger partial charge in [0.2, 0.25) is 0 Å². The topological polar surface area (TPSA) is 67.8 Å². The Morgan fingerprint density at radius 3 is 2.17 bits per heavy atom. The number of anilines is 1. The van der Waals surface area contributed by atoms with Gasteiger partial charge < -0.3 is 14.0 Å². The first-order valence-corrected chi connectivity index (χ1v) is 15.2. The zero-order valence-corrected chi connectivity index (χ0v) is 22.8. The summed E-state index contributed by atoms with van der Waals surface area (Å²) in [5.74, 6) is 2.15. The Bertz CT molecular complexity index is 896. The average molecular weight is 516 g/mol. The third kappa shape index (κ3) is 10.4. The SMILES string of the molecule is CCCCCCCCCCCCOc1ccc(OS(=O)Nc2ccc(O)cc2)cc1C1CCCCC1. The van der Waals surface area contributed by atoms with Crippen LogP contribution in [0.3, 0.4) is 0 Å². The van der Waals surface area contributed by atoms with Crippen LogP contribution in [0.2, 0.25) is 0 Å². The lowest BCUT2D eigenvalue weighted by atomic mass is 9.83. The van der Waals surface area contributed by atoms with Crippen molar-refractivity contribution in [2.45, 2.75) is 109 Å². The van der Waals surface area contributed by atoms with Crippen LogP contribution in [0.25, 0.3) is 0 Å². The van der Waals surface area contributed by atoms with E-state index in [2.05, 4.69) is 11.6 Å². The molecule has 0 aromatic heterocycles. The normalized spacial score (nSPS) is 14.9. The molecule has 1 atom stereocenters. The molecule has 5 nitrogen and oxygen atoms in total. The van der Waals surface area contributed by atoms with Crippen LogP contribution >= 0.6 is 0 Å². The molecule has 0 amide bonds. The molecule has 2 aromatic rings. The monoisotopic (exact) mass is 515 g/mol. The number of hydrogen-bond donors (Lipinski definition) is 2. The molecule has 1 aliphatic rings.